The Kier molecular flexibility index (Phi) is 5.99. The molecule has 0 unspecified atom stereocenters. The Bertz CT molecular complexity index is 732. The fraction of sp³-hybridized carbons (Fsp3) is 0.368. The minimum Gasteiger partial charge on any atom is -0.355 e. The fourth-order valence-electron chi connectivity index (χ4n) is 2.33. The third-order valence-electron chi connectivity index (χ3n) is 3.71. The number of carbonyl (C=O) groups is 2. The average molecular weight is 391 g/mol. The summed E-state index contributed by atoms with van der Waals surface area (Å²) in [6.45, 7) is 6.27. The maximum absolute atomic E-state index is 12.1. The van der Waals surface area contributed by atoms with Gasteiger partial charge in [0, 0.05) is 24.0 Å². The molecule has 5 heteroatoms. The standard InChI is InChI=1S/C19H23BrN2O2/c1-19(2,3)17(20)18(24)21-12-11-16(23)22-15-10-6-8-13-7-4-5-9-14(13)15/h4-10,17H,11-12H2,1-3H3,(H,21,24)(H,22,23)/t17-/m0/s1. The second-order valence-electron chi connectivity index (χ2n) is 6.84. The Morgan fingerprint density at radius 2 is 1.75 bits per heavy atom. The van der Waals surface area contributed by atoms with E-state index >= 15 is 0 Å². The van der Waals surface area contributed by atoms with Crippen LogP contribution in [0.25, 0.3) is 10.8 Å². The highest BCUT2D eigenvalue weighted by Gasteiger charge is 2.28. The number of anilines is 1. The molecule has 1 atom stereocenters. The zero-order valence-corrected chi connectivity index (χ0v) is 15.8. The van der Waals surface area contributed by atoms with Crippen LogP contribution in [-0.2, 0) is 9.59 Å². The summed E-state index contributed by atoms with van der Waals surface area (Å²) in [4.78, 5) is 23.9. The van der Waals surface area contributed by atoms with Gasteiger partial charge < -0.3 is 10.6 Å². The van der Waals surface area contributed by atoms with Gasteiger partial charge in [-0.2, -0.15) is 0 Å². The van der Waals surface area contributed by atoms with Crippen molar-refractivity contribution >= 4 is 44.2 Å². The van der Waals surface area contributed by atoms with Crippen LogP contribution < -0.4 is 10.6 Å². The quantitative estimate of drug-likeness (QED) is 0.755. The van der Waals surface area contributed by atoms with Gasteiger partial charge in [0.1, 0.15) is 0 Å². The number of amides is 2. The first-order valence-electron chi connectivity index (χ1n) is 7.98. The van der Waals surface area contributed by atoms with Gasteiger partial charge in [-0.05, 0) is 16.9 Å². The van der Waals surface area contributed by atoms with E-state index in [2.05, 4.69) is 26.6 Å². The number of fused-ring (bicyclic) bond motifs is 1. The summed E-state index contributed by atoms with van der Waals surface area (Å²) >= 11 is 3.40. The zero-order valence-electron chi connectivity index (χ0n) is 14.2. The Morgan fingerprint density at radius 1 is 1.08 bits per heavy atom. The molecule has 0 heterocycles. The molecule has 0 saturated heterocycles. The molecule has 2 aromatic rings. The smallest absolute Gasteiger partial charge is 0.234 e. The molecule has 0 aromatic heterocycles. The Labute approximate surface area is 151 Å². The monoisotopic (exact) mass is 390 g/mol. The summed E-state index contributed by atoms with van der Waals surface area (Å²) in [5, 5.41) is 7.80. The molecule has 128 valence electrons. The van der Waals surface area contributed by atoms with Crippen molar-refractivity contribution in [3.8, 4) is 0 Å². The Balaban J connectivity index is 1.89. The van der Waals surface area contributed by atoms with E-state index in [0.29, 0.717) is 6.54 Å². The molecule has 0 radical (unpaired) electrons. The van der Waals surface area contributed by atoms with Crippen LogP contribution in [0.5, 0.6) is 0 Å². The lowest BCUT2D eigenvalue weighted by Crippen LogP contribution is -2.39. The maximum atomic E-state index is 12.1. The van der Waals surface area contributed by atoms with Crippen molar-refractivity contribution in [3.05, 3.63) is 42.5 Å². The summed E-state index contributed by atoms with van der Waals surface area (Å²) < 4.78 is 0. The van der Waals surface area contributed by atoms with Crippen LogP contribution in [0.4, 0.5) is 5.69 Å². The minimum atomic E-state index is -0.286. The second-order valence-corrected chi connectivity index (χ2v) is 7.76. The van der Waals surface area contributed by atoms with Gasteiger partial charge in [-0.3, -0.25) is 9.59 Å². The molecule has 2 N–H and O–H groups in total. The largest absolute Gasteiger partial charge is 0.355 e. The van der Waals surface area contributed by atoms with Crippen LogP contribution in [0.15, 0.2) is 42.5 Å². The van der Waals surface area contributed by atoms with Gasteiger partial charge in [-0.25, -0.2) is 0 Å². The summed E-state index contributed by atoms with van der Waals surface area (Å²) in [7, 11) is 0. The zero-order chi connectivity index (χ0) is 17.7. The number of halogens is 1. The second kappa shape index (κ2) is 7.79. The van der Waals surface area contributed by atoms with Crippen LogP contribution >= 0.6 is 15.9 Å². The molecule has 2 rings (SSSR count). The molecule has 24 heavy (non-hydrogen) atoms. The van der Waals surface area contributed by atoms with E-state index in [1.54, 1.807) is 0 Å². The topological polar surface area (TPSA) is 58.2 Å². The molecule has 0 aliphatic rings. The van der Waals surface area contributed by atoms with Crippen molar-refractivity contribution in [2.24, 2.45) is 5.41 Å². The van der Waals surface area contributed by atoms with Crippen molar-refractivity contribution in [2.45, 2.75) is 32.0 Å². The van der Waals surface area contributed by atoms with E-state index in [1.165, 1.54) is 0 Å². The molecule has 0 fully saturated rings. The van der Waals surface area contributed by atoms with Gasteiger partial charge in [-0.15, -0.1) is 0 Å². The van der Waals surface area contributed by atoms with Crippen LogP contribution in [0.2, 0.25) is 0 Å². The number of carbonyl (C=O) groups excluding carboxylic acids is 2. The van der Waals surface area contributed by atoms with Crippen molar-refractivity contribution in [1.29, 1.82) is 0 Å². The first-order chi connectivity index (χ1) is 11.3. The Hall–Kier alpha value is -1.88. The fourth-order valence-corrected chi connectivity index (χ4v) is 2.49. The third kappa shape index (κ3) is 4.81. The number of rotatable bonds is 5. The van der Waals surface area contributed by atoms with Crippen LogP contribution in [-0.4, -0.2) is 23.2 Å². The number of hydrogen-bond donors (Lipinski definition) is 2. The van der Waals surface area contributed by atoms with Gasteiger partial charge in [0.2, 0.25) is 11.8 Å². The van der Waals surface area contributed by atoms with Gasteiger partial charge in [0.15, 0.2) is 0 Å². The van der Waals surface area contributed by atoms with Gasteiger partial charge in [0.25, 0.3) is 0 Å². The molecule has 0 bridgehead atoms. The van der Waals surface area contributed by atoms with Crippen molar-refractivity contribution in [2.75, 3.05) is 11.9 Å². The van der Waals surface area contributed by atoms with E-state index < -0.39 is 0 Å². The Morgan fingerprint density at radius 3 is 2.46 bits per heavy atom. The molecule has 4 nitrogen and oxygen atoms in total. The lowest BCUT2D eigenvalue weighted by atomic mass is 9.92. The lowest BCUT2D eigenvalue weighted by Gasteiger charge is -2.24. The predicted octanol–water partition coefficient (Wildman–Crippen LogP) is 4.09. The van der Waals surface area contributed by atoms with Crippen LogP contribution in [0, 0.1) is 5.41 Å². The molecule has 0 saturated carbocycles. The molecular formula is C19H23BrN2O2. The van der Waals surface area contributed by atoms with E-state index in [9.17, 15) is 9.59 Å². The molecule has 2 amide bonds. The average Bonchev–Trinajstić information content (AvgIpc) is 2.53. The van der Waals surface area contributed by atoms with Gasteiger partial charge in [0.05, 0.1) is 4.83 Å². The maximum Gasteiger partial charge on any atom is 0.234 e. The predicted molar refractivity (Wildman–Crippen MR) is 102 cm³/mol. The van der Waals surface area contributed by atoms with Crippen LogP contribution in [0.3, 0.4) is 0 Å². The highest BCUT2D eigenvalue weighted by molar-refractivity contribution is 9.10. The first-order valence-corrected chi connectivity index (χ1v) is 8.90. The molecule has 0 aliphatic heterocycles. The minimum absolute atomic E-state index is 0.0968. The number of alkyl halides is 1. The van der Waals surface area contributed by atoms with E-state index in [-0.39, 0.29) is 28.5 Å². The normalized spacial score (nSPS) is 12.7. The molecule has 0 spiro atoms. The van der Waals surface area contributed by atoms with Crippen LogP contribution in [0.1, 0.15) is 27.2 Å². The van der Waals surface area contributed by atoms with E-state index in [1.807, 2.05) is 63.2 Å². The van der Waals surface area contributed by atoms with Gasteiger partial charge in [-0.1, -0.05) is 73.1 Å². The summed E-state index contributed by atoms with van der Waals surface area (Å²) in [5.74, 6) is -0.214. The molecule has 0 aliphatic carbocycles. The highest BCUT2D eigenvalue weighted by atomic mass is 79.9. The first kappa shape index (κ1) is 18.5. The van der Waals surface area contributed by atoms with Crippen molar-refractivity contribution in [3.63, 3.8) is 0 Å². The highest BCUT2D eigenvalue weighted by Crippen LogP contribution is 2.26. The SMILES string of the molecule is CC(C)(C)[C@@H](Br)C(=O)NCCC(=O)Nc1cccc2ccccc12. The van der Waals surface area contributed by atoms with E-state index in [4.69, 9.17) is 0 Å². The molecular weight excluding hydrogens is 368 g/mol. The summed E-state index contributed by atoms with van der Waals surface area (Å²) in [5.41, 5.74) is 0.618. The summed E-state index contributed by atoms with van der Waals surface area (Å²) in [6, 6.07) is 13.7. The number of nitrogens with one attached hydrogen (secondary N) is 2. The van der Waals surface area contributed by atoms with Gasteiger partial charge >= 0.3 is 0 Å². The lowest BCUT2D eigenvalue weighted by molar-refractivity contribution is -0.122. The molecule has 2 aromatic carbocycles. The van der Waals surface area contributed by atoms with Crippen molar-refractivity contribution < 1.29 is 9.59 Å². The number of hydrogen-bond acceptors (Lipinski definition) is 2. The van der Waals surface area contributed by atoms with Crippen molar-refractivity contribution in [1.82, 2.24) is 5.32 Å². The van der Waals surface area contributed by atoms with E-state index in [0.717, 1.165) is 16.5 Å². The third-order valence-corrected chi connectivity index (χ3v) is 5.49. The number of benzene rings is 2. The summed E-state index contributed by atoms with van der Waals surface area (Å²) in [6.07, 6.45) is 0.235.